The van der Waals surface area contributed by atoms with Crippen LogP contribution in [0.1, 0.15) is 65.2 Å². The van der Waals surface area contributed by atoms with Crippen LogP contribution in [-0.2, 0) is 4.79 Å². The zero-order valence-electron chi connectivity index (χ0n) is 13.3. The number of aliphatic hydroxyl groups is 1. The van der Waals surface area contributed by atoms with Crippen LogP contribution in [0.25, 0.3) is 0 Å². The van der Waals surface area contributed by atoms with Gasteiger partial charge in [-0.25, -0.2) is 4.98 Å². The van der Waals surface area contributed by atoms with E-state index in [1.807, 2.05) is 6.07 Å². The highest BCUT2D eigenvalue weighted by Gasteiger charge is 2.34. The van der Waals surface area contributed by atoms with Gasteiger partial charge in [-0.1, -0.05) is 58.4 Å². The quantitative estimate of drug-likeness (QED) is 0.643. The first-order chi connectivity index (χ1) is 10.1. The largest absolute Gasteiger partial charge is 0.380 e. The molecule has 4 nitrogen and oxygen atoms in total. The third-order valence-electron chi connectivity index (χ3n) is 3.72. The summed E-state index contributed by atoms with van der Waals surface area (Å²) >= 11 is 0. The molecule has 0 aromatic carbocycles. The van der Waals surface area contributed by atoms with E-state index in [9.17, 15) is 9.90 Å². The van der Waals surface area contributed by atoms with Crippen LogP contribution in [0.15, 0.2) is 24.4 Å². The Balaban J connectivity index is 2.66. The van der Waals surface area contributed by atoms with Gasteiger partial charge in [-0.3, -0.25) is 4.79 Å². The molecule has 0 spiro atoms. The molecule has 0 aliphatic rings. The summed E-state index contributed by atoms with van der Waals surface area (Å²) in [6.45, 7) is 4.23. The van der Waals surface area contributed by atoms with E-state index < -0.39 is 5.60 Å². The minimum Gasteiger partial charge on any atom is -0.380 e. The van der Waals surface area contributed by atoms with Gasteiger partial charge in [-0.2, -0.15) is 0 Å². The van der Waals surface area contributed by atoms with Gasteiger partial charge in [0.1, 0.15) is 11.4 Å². The van der Waals surface area contributed by atoms with Crippen molar-refractivity contribution in [3.63, 3.8) is 0 Å². The van der Waals surface area contributed by atoms with Crippen molar-refractivity contribution in [3.05, 3.63) is 24.4 Å². The molecule has 2 N–H and O–H groups in total. The number of hydrogen-bond acceptors (Lipinski definition) is 3. The minimum atomic E-state index is -1.28. The minimum absolute atomic E-state index is 0.326. The maximum Gasteiger partial charge on any atom is 0.257 e. The van der Waals surface area contributed by atoms with E-state index in [1.54, 1.807) is 18.3 Å². The first kappa shape index (κ1) is 17.6. The summed E-state index contributed by atoms with van der Waals surface area (Å²) in [6.07, 6.45) is 8.62. The molecule has 21 heavy (non-hydrogen) atoms. The van der Waals surface area contributed by atoms with Gasteiger partial charge in [-0.15, -0.1) is 0 Å². The number of unbranched alkanes of at least 4 members (excludes halogenated alkanes) is 4. The molecule has 0 unspecified atom stereocenters. The van der Waals surface area contributed by atoms with Crippen LogP contribution in [0.3, 0.4) is 0 Å². The number of pyridine rings is 1. The van der Waals surface area contributed by atoms with Gasteiger partial charge in [0, 0.05) is 6.20 Å². The fraction of sp³-hybridized carbons (Fsp3) is 0.647. The Labute approximate surface area is 128 Å². The van der Waals surface area contributed by atoms with Crippen molar-refractivity contribution in [1.29, 1.82) is 0 Å². The molecular weight excluding hydrogens is 264 g/mol. The third-order valence-corrected chi connectivity index (χ3v) is 3.72. The van der Waals surface area contributed by atoms with E-state index in [2.05, 4.69) is 24.1 Å². The van der Waals surface area contributed by atoms with Crippen LogP contribution in [-0.4, -0.2) is 21.6 Å². The molecule has 0 aliphatic carbocycles. The summed E-state index contributed by atoms with van der Waals surface area (Å²) in [4.78, 5) is 16.5. The summed E-state index contributed by atoms with van der Waals surface area (Å²) in [6, 6.07) is 5.34. The number of rotatable bonds is 10. The highest BCUT2D eigenvalue weighted by Crippen LogP contribution is 2.24. The Morgan fingerprint density at radius 1 is 1.14 bits per heavy atom. The molecule has 0 bridgehead atoms. The molecule has 0 fully saturated rings. The standard InChI is InChI=1S/C17H28N2O2/c1-3-5-8-12-17(21,13-9-6-4-2)16(20)19-15-11-7-10-14-18-15/h7,10-11,14,21H,3-6,8-9,12-13H2,1-2H3,(H,18,19,20). The molecular formula is C17H28N2O2. The van der Waals surface area contributed by atoms with Crippen LogP contribution in [0.4, 0.5) is 5.82 Å². The lowest BCUT2D eigenvalue weighted by Crippen LogP contribution is -2.43. The van der Waals surface area contributed by atoms with Crippen LogP contribution in [0.5, 0.6) is 0 Å². The average Bonchev–Trinajstić information content (AvgIpc) is 2.49. The Hall–Kier alpha value is -1.42. The second kappa shape index (κ2) is 9.50. The Morgan fingerprint density at radius 3 is 2.24 bits per heavy atom. The summed E-state index contributed by atoms with van der Waals surface area (Å²) in [5.74, 6) is 0.167. The molecule has 1 aromatic rings. The van der Waals surface area contributed by atoms with Crippen LogP contribution in [0.2, 0.25) is 0 Å². The van der Waals surface area contributed by atoms with Crippen molar-refractivity contribution in [2.75, 3.05) is 5.32 Å². The molecule has 0 saturated carbocycles. The van der Waals surface area contributed by atoms with Crippen LogP contribution < -0.4 is 5.32 Å². The van der Waals surface area contributed by atoms with E-state index in [4.69, 9.17) is 0 Å². The average molecular weight is 292 g/mol. The molecule has 0 saturated heterocycles. The fourth-order valence-corrected chi connectivity index (χ4v) is 2.36. The molecule has 1 amide bonds. The smallest absolute Gasteiger partial charge is 0.257 e. The third kappa shape index (κ3) is 6.25. The summed E-state index contributed by atoms with van der Waals surface area (Å²) in [5, 5.41) is 13.5. The molecule has 1 aromatic heterocycles. The molecule has 1 rings (SSSR count). The number of carbonyl (C=O) groups excluding carboxylic acids is 1. The predicted molar refractivity (Wildman–Crippen MR) is 86.1 cm³/mol. The highest BCUT2D eigenvalue weighted by molar-refractivity contribution is 5.96. The van der Waals surface area contributed by atoms with Crippen molar-refractivity contribution in [2.24, 2.45) is 0 Å². The molecule has 4 heteroatoms. The summed E-state index contributed by atoms with van der Waals surface area (Å²) in [7, 11) is 0. The summed E-state index contributed by atoms with van der Waals surface area (Å²) in [5.41, 5.74) is -1.28. The van der Waals surface area contributed by atoms with Gasteiger partial charge < -0.3 is 10.4 Å². The van der Waals surface area contributed by atoms with Crippen LogP contribution in [0, 0.1) is 0 Å². The number of hydrogen-bond donors (Lipinski definition) is 2. The Kier molecular flexibility index (Phi) is 7.98. The van der Waals surface area contributed by atoms with Crippen molar-refractivity contribution in [2.45, 2.75) is 70.8 Å². The normalized spacial score (nSPS) is 11.4. The SMILES string of the molecule is CCCCCC(O)(CCCCC)C(=O)Nc1ccccn1. The second-order valence-electron chi connectivity index (χ2n) is 5.61. The van der Waals surface area contributed by atoms with Gasteiger partial charge in [0.2, 0.25) is 0 Å². The number of carbonyl (C=O) groups is 1. The van der Waals surface area contributed by atoms with E-state index in [-0.39, 0.29) is 5.91 Å². The predicted octanol–water partition coefficient (Wildman–Crippen LogP) is 3.91. The zero-order chi connectivity index (χ0) is 15.6. The van der Waals surface area contributed by atoms with Gasteiger partial charge in [0.05, 0.1) is 0 Å². The van der Waals surface area contributed by atoms with Crippen molar-refractivity contribution < 1.29 is 9.90 Å². The zero-order valence-corrected chi connectivity index (χ0v) is 13.3. The lowest BCUT2D eigenvalue weighted by Gasteiger charge is -2.27. The number of nitrogens with zero attached hydrogens (tertiary/aromatic N) is 1. The lowest BCUT2D eigenvalue weighted by atomic mass is 9.89. The monoisotopic (exact) mass is 292 g/mol. The van der Waals surface area contributed by atoms with Crippen molar-refractivity contribution in [1.82, 2.24) is 4.98 Å². The van der Waals surface area contributed by atoms with E-state index in [1.165, 1.54) is 0 Å². The maximum atomic E-state index is 12.4. The van der Waals surface area contributed by atoms with E-state index in [0.29, 0.717) is 18.7 Å². The second-order valence-corrected chi connectivity index (χ2v) is 5.61. The van der Waals surface area contributed by atoms with E-state index >= 15 is 0 Å². The number of anilines is 1. The Bertz CT molecular complexity index is 397. The number of amides is 1. The number of nitrogens with one attached hydrogen (secondary N) is 1. The van der Waals surface area contributed by atoms with Gasteiger partial charge in [0.15, 0.2) is 0 Å². The fourth-order valence-electron chi connectivity index (χ4n) is 2.36. The molecule has 0 aliphatic heterocycles. The van der Waals surface area contributed by atoms with Gasteiger partial charge in [0.25, 0.3) is 5.91 Å². The van der Waals surface area contributed by atoms with Gasteiger partial charge >= 0.3 is 0 Å². The molecule has 1 heterocycles. The lowest BCUT2D eigenvalue weighted by molar-refractivity contribution is -0.135. The molecule has 118 valence electrons. The van der Waals surface area contributed by atoms with Gasteiger partial charge in [-0.05, 0) is 25.0 Å². The first-order valence-corrected chi connectivity index (χ1v) is 8.07. The van der Waals surface area contributed by atoms with Crippen molar-refractivity contribution in [3.8, 4) is 0 Å². The van der Waals surface area contributed by atoms with Crippen LogP contribution >= 0.6 is 0 Å². The molecule has 0 radical (unpaired) electrons. The summed E-state index contributed by atoms with van der Waals surface area (Å²) < 4.78 is 0. The Morgan fingerprint density at radius 2 is 1.76 bits per heavy atom. The first-order valence-electron chi connectivity index (χ1n) is 8.07. The molecule has 0 atom stereocenters. The highest BCUT2D eigenvalue weighted by atomic mass is 16.3. The number of aromatic nitrogens is 1. The van der Waals surface area contributed by atoms with E-state index in [0.717, 1.165) is 38.5 Å². The topological polar surface area (TPSA) is 62.2 Å². The maximum absolute atomic E-state index is 12.4. The van der Waals surface area contributed by atoms with Crippen molar-refractivity contribution >= 4 is 11.7 Å².